The highest BCUT2D eigenvalue weighted by molar-refractivity contribution is 5.86. The Bertz CT molecular complexity index is 1130. The molecule has 0 radical (unpaired) electrons. The predicted octanol–water partition coefficient (Wildman–Crippen LogP) is 5.38. The topological polar surface area (TPSA) is 77.1 Å². The zero-order valence-corrected chi connectivity index (χ0v) is 22.7. The minimum absolute atomic E-state index is 0.272. The molecule has 0 saturated carbocycles. The smallest absolute Gasteiger partial charge is 0.410 e. The average molecular weight is 519 g/mol. The lowest BCUT2D eigenvalue weighted by molar-refractivity contribution is -0.126. The number of hydrogen-bond acceptors (Lipinski definition) is 5. The maximum absolute atomic E-state index is 13.2. The Kier molecular flexibility index (Phi) is 10.7. The average Bonchev–Trinajstić information content (AvgIpc) is 2.90. The van der Waals surface area contributed by atoms with Crippen LogP contribution in [-0.2, 0) is 33.9 Å². The first-order valence-electron chi connectivity index (χ1n) is 12.8. The summed E-state index contributed by atoms with van der Waals surface area (Å²) in [5, 5.41) is 2.90. The summed E-state index contributed by atoms with van der Waals surface area (Å²) in [6.45, 7) is 7.02. The molecule has 1 atom stereocenters. The van der Waals surface area contributed by atoms with Crippen LogP contribution in [0.4, 0.5) is 4.79 Å². The Labute approximate surface area is 225 Å². The summed E-state index contributed by atoms with van der Waals surface area (Å²) >= 11 is 0. The van der Waals surface area contributed by atoms with Crippen molar-refractivity contribution in [1.29, 1.82) is 0 Å². The van der Waals surface area contributed by atoms with Crippen molar-refractivity contribution in [2.24, 2.45) is 0 Å². The van der Waals surface area contributed by atoms with Crippen LogP contribution >= 0.6 is 0 Å². The molecule has 3 aromatic rings. The van der Waals surface area contributed by atoms with Crippen LogP contribution in [0.15, 0.2) is 84.9 Å². The second-order valence-corrected chi connectivity index (χ2v) is 10.1. The highest BCUT2D eigenvalue weighted by atomic mass is 16.6. The van der Waals surface area contributed by atoms with Crippen LogP contribution in [0.2, 0.25) is 0 Å². The molecule has 0 aliphatic heterocycles. The van der Waals surface area contributed by atoms with Crippen molar-refractivity contribution in [3.8, 4) is 5.75 Å². The van der Waals surface area contributed by atoms with Gasteiger partial charge in [-0.3, -0.25) is 9.69 Å². The van der Waals surface area contributed by atoms with Gasteiger partial charge in [0.05, 0.1) is 13.2 Å². The molecule has 3 rings (SSSR count). The highest BCUT2D eigenvalue weighted by Gasteiger charge is 2.30. The van der Waals surface area contributed by atoms with E-state index in [9.17, 15) is 9.59 Å². The zero-order valence-electron chi connectivity index (χ0n) is 22.7. The Balaban J connectivity index is 1.58. The summed E-state index contributed by atoms with van der Waals surface area (Å²) in [5.74, 6) is 0.459. The fourth-order valence-corrected chi connectivity index (χ4v) is 3.68. The summed E-state index contributed by atoms with van der Waals surface area (Å²) in [4.78, 5) is 27.3. The van der Waals surface area contributed by atoms with Crippen LogP contribution in [0.3, 0.4) is 0 Å². The molecule has 0 bridgehead atoms. The van der Waals surface area contributed by atoms with Gasteiger partial charge in [0.2, 0.25) is 5.91 Å². The summed E-state index contributed by atoms with van der Waals surface area (Å²) in [6, 6.07) is 26.6. The Morgan fingerprint density at radius 2 is 1.39 bits per heavy atom. The number of ether oxygens (including phenoxy) is 3. The van der Waals surface area contributed by atoms with Crippen LogP contribution in [0.1, 0.15) is 37.5 Å². The van der Waals surface area contributed by atoms with Crippen molar-refractivity contribution < 1.29 is 23.8 Å². The summed E-state index contributed by atoms with van der Waals surface area (Å²) < 4.78 is 17.1. The fraction of sp³-hybridized carbons (Fsp3) is 0.355. The van der Waals surface area contributed by atoms with Crippen LogP contribution in [0.5, 0.6) is 5.75 Å². The molecule has 0 aliphatic rings. The van der Waals surface area contributed by atoms with Gasteiger partial charge in [0, 0.05) is 20.0 Å². The number of rotatable bonds is 12. The molecule has 202 valence electrons. The molecule has 7 heteroatoms. The van der Waals surface area contributed by atoms with Gasteiger partial charge < -0.3 is 19.5 Å². The maximum Gasteiger partial charge on any atom is 0.410 e. The largest absolute Gasteiger partial charge is 0.489 e. The monoisotopic (exact) mass is 518 g/mol. The molecule has 0 heterocycles. The first-order chi connectivity index (χ1) is 18.2. The van der Waals surface area contributed by atoms with E-state index in [4.69, 9.17) is 14.2 Å². The second-order valence-electron chi connectivity index (χ2n) is 10.1. The predicted molar refractivity (Wildman–Crippen MR) is 148 cm³/mol. The summed E-state index contributed by atoms with van der Waals surface area (Å²) in [5.41, 5.74) is 2.38. The summed E-state index contributed by atoms with van der Waals surface area (Å²) in [7, 11) is 1.58. The van der Waals surface area contributed by atoms with E-state index in [1.54, 1.807) is 27.8 Å². The van der Waals surface area contributed by atoms with Gasteiger partial charge in [0.1, 0.15) is 24.0 Å². The highest BCUT2D eigenvalue weighted by Crippen LogP contribution is 2.18. The minimum Gasteiger partial charge on any atom is -0.489 e. The van der Waals surface area contributed by atoms with E-state index in [0.717, 1.165) is 22.4 Å². The third-order valence-corrected chi connectivity index (χ3v) is 5.71. The van der Waals surface area contributed by atoms with Gasteiger partial charge in [0.25, 0.3) is 0 Å². The van der Waals surface area contributed by atoms with Gasteiger partial charge in [-0.1, -0.05) is 72.8 Å². The number of carbonyl (C=O) groups is 2. The zero-order chi connectivity index (χ0) is 27.4. The third kappa shape index (κ3) is 9.90. The molecule has 0 unspecified atom stereocenters. The van der Waals surface area contributed by atoms with Gasteiger partial charge in [-0.05, 0) is 49.6 Å². The Morgan fingerprint density at radius 3 is 1.97 bits per heavy atom. The second kappa shape index (κ2) is 14.2. The van der Waals surface area contributed by atoms with E-state index < -0.39 is 17.7 Å². The number of likely N-dealkylation sites (N-methyl/N-ethyl adjacent to an activating group) is 1. The number of hydrogen-bond donors (Lipinski definition) is 1. The molecule has 0 aromatic heterocycles. The van der Waals surface area contributed by atoms with Crippen molar-refractivity contribution in [1.82, 2.24) is 10.2 Å². The van der Waals surface area contributed by atoms with E-state index in [2.05, 4.69) is 5.32 Å². The lowest BCUT2D eigenvalue weighted by Gasteiger charge is -2.30. The SMILES string of the molecule is CN(C(=O)OC(C)(C)C)[C@@H](Cc1ccc(OCc2ccccc2)cc1)C(=O)NCCOCc1ccccc1. The van der Waals surface area contributed by atoms with E-state index in [-0.39, 0.29) is 5.91 Å². The van der Waals surface area contributed by atoms with Crippen LogP contribution < -0.4 is 10.1 Å². The lowest BCUT2D eigenvalue weighted by atomic mass is 10.0. The van der Waals surface area contributed by atoms with Gasteiger partial charge in [0.15, 0.2) is 0 Å². The van der Waals surface area contributed by atoms with Gasteiger partial charge in [-0.15, -0.1) is 0 Å². The molecule has 1 N–H and O–H groups in total. The fourth-order valence-electron chi connectivity index (χ4n) is 3.68. The lowest BCUT2D eigenvalue weighted by Crippen LogP contribution is -2.50. The van der Waals surface area contributed by atoms with Gasteiger partial charge >= 0.3 is 6.09 Å². The first-order valence-corrected chi connectivity index (χ1v) is 12.8. The van der Waals surface area contributed by atoms with Crippen LogP contribution in [0, 0.1) is 0 Å². The molecule has 7 nitrogen and oxygen atoms in total. The molecule has 0 aliphatic carbocycles. The van der Waals surface area contributed by atoms with Crippen LogP contribution in [-0.4, -0.2) is 48.7 Å². The quantitative estimate of drug-likeness (QED) is 0.326. The van der Waals surface area contributed by atoms with Crippen molar-refractivity contribution in [3.05, 3.63) is 102 Å². The maximum atomic E-state index is 13.2. The Hall–Kier alpha value is -3.84. The Morgan fingerprint density at radius 1 is 0.816 bits per heavy atom. The molecule has 0 saturated heterocycles. The standard InChI is InChI=1S/C31H38N2O5/c1-31(2,3)38-30(35)33(4)28(29(34)32-19-20-36-22-25-11-7-5-8-12-25)21-24-15-17-27(18-16-24)37-23-26-13-9-6-10-14-26/h5-18,28H,19-23H2,1-4H3,(H,32,34)/t28-/m0/s1. The van der Waals surface area contributed by atoms with Crippen LogP contribution in [0.25, 0.3) is 0 Å². The molecule has 2 amide bonds. The molecular weight excluding hydrogens is 480 g/mol. The number of nitrogens with zero attached hydrogens (tertiary/aromatic N) is 1. The summed E-state index contributed by atoms with van der Waals surface area (Å²) in [6.07, 6.45) is -0.230. The number of nitrogens with one attached hydrogen (secondary N) is 1. The molecule has 3 aromatic carbocycles. The van der Waals surface area contributed by atoms with Crippen molar-refractivity contribution in [2.75, 3.05) is 20.2 Å². The van der Waals surface area contributed by atoms with Crippen molar-refractivity contribution >= 4 is 12.0 Å². The molecule has 0 spiro atoms. The van der Waals surface area contributed by atoms with Gasteiger partial charge in [-0.2, -0.15) is 0 Å². The molecule has 0 fully saturated rings. The first kappa shape index (κ1) is 28.7. The number of benzene rings is 3. The van der Waals surface area contributed by atoms with E-state index in [0.29, 0.717) is 32.8 Å². The molecular formula is C31H38N2O5. The minimum atomic E-state index is -0.755. The molecule has 38 heavy (non-hydrogen) atoms. The van der Waals surface area contributed by atoms with Crippen molar-refractivity contribution in [2.45, 2.75) is 52.0 Å². The third-order valence-electron chi connectivity index (χ3n) is 5.71. The van der Waals surface area contributed by atoms with Gasteiger partial charge in [-0.25, -0.2) is 4.79 Å². The number of carbonyl (C=O) groups excluding carboxylic acids is 2. The van der Waals surface area contributed by atoms with E-state index in [1.165, 1.54) is 4.90 Å². The van der Waals surface area contributed by atoms with Crippen molar-refractivity contribution in [3.63, 3.8) is 0 Å². The van der Waals surface area contributed by atoms with E-state index in [1.807, 2.05) is 84.9 Å². The number of amides is 2. The van der Waals surface area contributed by atoms with E-state index >= 15 is 0 Å². The normalized spacial score (nSPS) is 11.9.